The Kier molecular flexibility index (Phi) is 4.89. The van der Waals surface area contributed by atoms with Gasteiger partial charge in [-0.1, -0.05) is 24.3 Å². The molecule has 2 N–H and O–H groups in total. The van der Waals surface area contributed by atoms with Crippen LogP contribution in [-0.2, 0) is 17.9 Å². The Morgan fingerprint density at radius 1 is 1.24 bits per heavy atom. The van der Waals surface area contributed by atoms with Crippen molar-refractivity contribution in [3.05, 3.63) is 59.9 Å². The molecule has 0 atom stereocenters. The lowest BCUT2D eigenvalue weighted by Gasteiger charge is -2.07. The van der Waals surface area contributed by atoms with Crippen molar-refractivity contribution in [2.45, 2.75) is 20.1 Å². The summed E-state index contributed by atoms with van der Waals surface area (Å²) in [7, 11) is 0. The standard InChI is InChI=1S/C17H17N5O3/c1-12-7-8-14(15(23)9-12)18-17(24)10-22-20-16(19-21-22)11-25-13-5-3-2-4-6-13/h2-9,23H,10-11H2,1H3,(H,18,24). The molecule has 0 unspecified atom stereocenters. The number of rotatable bonds is 6. The van der Waals surface area contributed by atoms with Crippen LogP contribution in [0, 0.1) is 6.92 Å². The van der Waals surface area contributed by atoms with E-state index < -0.39 is 0 Å². The van der Waals surface area contributed by atoms with Crippen molar-refractivity contribution in [3.63, 3.8) is 0 Å². The van der Waals surface area contributed by atoms with Crippen molar-refractivity contribution in [2.24, 2.45) is 0 Å². The van der Waals surface area contributed by atoms with E-state index in [0.717, 1.165) is 5.56 Å². The second-order valence-electron chi connectivity index (χ2n) is 5.41. The summed E-state index contributed by atoms with van der Waals surface area (Å²) in [6, 6.07) is 14.3. The molecule has 3 aromatic rings. The second-order valence-corrected chi connectivity index (χ2v) is 5.41. The lowest BCUT2D eigenvalue weighted by Crippen LogP contribution is -2.20. The molecule has 0 aliphatic heterocycles. The number of aromatic nitrogens is 4. The van der Waals surface area contributed by atoms with E-state index in [-0.39, 0.29) is 24.8 Å². The molecule has 0 spiro atoms. The molecule has 128 valence electrons. The maximum atomic E-state index is 12.0. The van der Waals surface area contributed by atoms with E-state index >= 15 is 0 Å². The zero-order chi connectivity index (χ0) is 17.6. The van der Waals surface area contributed by atoms with Crippen molar-refractivity contribution < 1.29 is 14.6 Å². The Balaban J connectivity index is 1.54. The number of carbonyl (C=O) groups excluding carboxylic acids is 1. The molecule has 25 heavy (non-hydrogen) atoms. The van der Waals surface area contributed by atoms with Crippen molar-refractivity contribution in [1.29, 1.82) is 0 Å². The minimum atomic E-state index is -0.368. The fraction of sp³-hybridized carbons (Fsp3) is 0.176. The highest BCUT2D eigenvalue weighted by Gasteiger charge is 2.10. The number of hydrogen-bond donors (Lipinski definition) is 2. The molecule has 0 bridgehead atoms. The number of para-hydroxylation sites is 1. The third-order valence-electron chi connectivity index (χ3n) is 3.32. The summed E-state index contributed by atoms with van der Waals surface area (Å²) < 4.78 is 5.52. The predicted octanol–water partition coefficient (Wildman–Crippen LogP) is 1.90. The number of nitrogens with one attached hydrogen (secondary N) is 1. The third-order valence-corrected chi connectivity index (χ3v) is 3.32. The maximum absolute atomic E-state index is 12.0. The number of phenolic OH excluding ortho intramolecular Hbond substituents is 1. The van der Waals surface area contributed by atoms with Crippen molar-refractivity contribution in [2.75, 3.05) is 5.32 Å². The van der Waals surface area contributed by atoms with Gasteiger partial charge in [0.25, 0.3) is 0 Å². The SMILES string of the molecule is Cc1ccc(NC(=O)Cn2nnc(COc3ccccc3)n2)c(O)c1. The highest BCUT2D eigenvalue weighted by molar-refractivity contribution is 5.91. The van der Waals surface area contributed by atoms with Gasteiger partial charge in [0.05, 0.1) is 5.69 Å². The van der Waals surface area contributed by atoms with Gasteiger partial charge in [0.15, 0.2) is 6.61 Å². The largest absolute Gasteiger partial charge is 0.506 e. The number of aromatic hydroxyl groups is 1. The first kappa shape index (κ1) is 16.4. The Morgan fingerprint density at radius 2 is 2.04 bits per heavy atom. The summed E-state index contributed by atoms with van der Waals surface area (Å²) in [6.07, 6.45) is 0. The number of tetrazole rings is 1. The van der Waals surface area contributed by atoms with E-state index in [2.05, 4.69) is 20.7 Å². The van der Waals surface area contributed by atoms with Crippen LogP contribution in [0.2, 0.25) is 0 Å². The van der Waals surface area contributed by atoms with Crippen molar-refractivity contribution in [3.8, 4) is 11.5 Å². The number of anilines is 1. The van der Waals surface area contributed by atoms with Gasteiger partial charge in [-0.15, -0.1) is 10.2 Å². The summed E-state index contributed by atoms with van der Waals surface area (Å²) in [5.41, 5.74) is 1.24. The smallest absolute Gasteiger partial charge is 0.248 e. The van der Waals surface area contributed by atoms with E-state index in [0.29, 0.717) is 17.3 Å². The van der Waals surface area contributed by atoms with Gasteiger partial charge in [0.1, 0.15) is 18.0 Å². The van der Waals surface area contributed by atoms with Crippen LogP contribution in [0.25, 0.3) is 0 Å². The molecule has 0 aliphatic carbocycles. The number of nitrogens with zero attached hydrogens (tertiary/aromatic N) is 4. The van der Waals surface area contributed by atoms with Crippen LogP contribution in [0.15, 0.2) is 48.5 Å². The van der Waals surface area contributed by atoms with Gasteiger partial charge in [-0.2, -0.15) is 4.80 Å². The number of aryl methyl sites for hydroxylation is 1. The molecule has 0 radical (unpaired) electrons. The molecule has 0 aliphatic rings. The Labute approximate surface area is 144 Å². The first-order valence-corrected chi connectivity index (χ1v) is 7.64. The summed E-state index contributed by atoms with van der Waals surface area (Å²) in [6.45, 7) is 1.89. The molecule has 8 heteroatoms. The van der Waals surface area contributed by atoms with E-state index in [4.69, 9.17) is 4.74 Å². The molecule has 3 rings (SSSR count). The maximum Gasteiger partial charge on any atom is 0.248 e. The van der Waals surface area contributed by atoms with Crippen molar-refractivity contribution in [1.82, 2.24) is 20.2 Å². The Hall–Kier alpha value is -3.42. The summed E-state index contributed by atoms with van der Waals surface area (Å²) in [5.74, 6) is 0.713. The van der Waals surface area contributed by atoms with E-state index in [1.165, 1.54) is 4.80 Å². The first-order valence-electron chi connectivity index (χ1n) is 7.64. The highest BCUT2D eigenvalue weighted by atomic mass is 16.5. The van der Waals surface area contributed by atoms with Crippen LogP contribution in [0.3, 0.4) is 0 Å². The van der Waals surface area contributed by atoms with E-state index in [9.17, 15) is 9.90 Å². The zero-order valence-electron chi connectivity index (χ0n) is 13.6. The Bertz CT molecular complexity index is 864. The molecule has 0 saturated carbocycles. The minimum Gasteiger partial charge on any atom is -0.506 e. The number of hydrogen-bond acceptors (Lipinski definition) is 6. The molecule has 1 heterocycles. The van der Waals surface area contributed by atoms with E-state index in [1.54, 1.807) is 18.2 Å². The van der Waals surface area contributed by atoms with Gasteiger partial charge in [-0.3, -0.25) is 4.79 Å². The number of amides is 1. The third kappa shape index (κ3) is 4.54. The van der Waals surface area contributed by atoms with Gasteiger partial charge >= 0.3 is 0 Å². The average Bonchev–Trinajstić information content (AvgIpc) is 3.04. The molecular weight excluding hydrogens is 322 g/mol. The fourth-order valence-electron chi connectivity index (χ4n) is 2.13. The van der Waals surface area contributed by atoms with Crippen LogP contribution in [-0.4, -0.2) is 31.2 Å². The molecule has 0 fully saturated rings. The highest BCUT2D eigenvalue weighted by Crippen LogP contribution is 2.23. The molecule has 1 aromatic heterocycles. The quantitative estimate of drug-likeness (QED) is 0.665. The van der Waals surface area contributed by atoms with Gasteiger partial charge < -0.3 is 15.2 Å². The van der Waals surface area contributed by atoms with Gasteiger partial charge in [0, 0.05) is 0 Å². The monoisotopic (exact) mass is 339 g/mol. The first-order chi connectivity index (χ1) is 12.1. The Morgan fingerprint density at radius 3 is 2.80 bits per heavy atom. The van der Waals surface area contributed by atoms with Crippen LogP contribution in [0.4, 0.5) is 5.69 Å². The average molecular weight is 339 g/mol. The zero-order valence-corrected chi connectivity index (χ0v) is 13.6. The van der Waals surface area contributed by atoms with Crippen LogP contribution in [0.1, 0.15) is 11.4 Å². The van der Waals surface area contributed by atoms with Gasteiger partial charge in [-0.05, 0) is 42.0 Å². The predicted molar refractivity (Wildman–Crippen MR) is 90.1 cm³/mol. The fourth-order valence-corrected chi connectivity index (χ4v) is 2.13. The molecule has 2 aromatic carbocycles. The van der Waals surface area contributed by atoms with Crippen LogP contribution >= 0.6 is 0 Å². The van der Waals surface area contributed by atoms with Crippen molar-refractivity contribution >= 4 is 11.6 Å². The van der Waals surface area contributed by atoms with Gasteiger partial charge in [0.2, 0.25) is 11.7 Å². The number of benzene rings is 2. The molecule has 8 nitrogen and oxygen atoms in total. The molecule has 0 saturated heterocycles. The summed E-state index contributed by atoms with van der Waals surface area (Å²) in [4.78, 5) is 13.2. The van der Waals surface area contributed by atoms with Crippen LogP contribution in [0.5, 0.6) is 11.5 Å². The van der Waals surface area contributed by atoms with E-state index in [1.807, 2.05) is 37.3 Å². The lowest BCUT2D eigenvalue weighted by atomic mass is 10.2. The molecule has 1 amide bonds. The summed E-state index contributed by atoms with van der Waals surface area (Å²) >= 11 is 0. The summed E-state index contributed by atoms with van der Waals surface area (Å²) in [5, 5.41) is 24.2. The molecular formula is C17H17N5O3. The topological polar surface area (TPSA) is 102 Å². The van der Waals surface area contributed by atoms with Crippen LogP contribution < -0.4 is 10.1 Å². The lowest BCUT2D eigenvalue weighted by molar-refractivity contribution is -0.117. The number of carbonyl (C=O) groups is 1. The number of phenols is 1. The second kappa shape index (κ2) is 7.43. The number of ether oxygens (including phenoxy) is 1. The normalized spacial score (nSPS) is 10.4. The minimum absolute atomic E-state index is 0.0110. The van der Waals surface area contributed by atoms with Gasteiger partial charge in [-0.25, -0.2) is 0 Å².